The van der Waals surface area contributed by atoms with Gasteiger partial charge < -0.3 is 10.5 Å². The normalized spacial score (nSPS) is 24.1. The summed E-state index contributed by atoms with van der Waals surface area (Å²) in [7, 11) is 0. The van der Waals surface area contributed by atoms with Crippen LogP contribution in [-0.2, 0) is 0 Å². The molecule has 0 saturated carbocycles. The molecule has 0 spiro atoms. The molecule has 1 aromatic rings. The molecule has 0 saturated heterocycles. The Balaban J connectivity index is 2.20. The van der Waals surface area contributed by atoms with Crippen LogP contribution in [-0.4, -0.2) is 6.10 Å². The fourth-order valence-corrected chi connectivity index (χ4v) is 2.36. The lowest BCUT2D eigenvalue weighted by Gasteiger charge is -2.33. The van der Waals surface area contributed by atoms with Crippen molar-refractivity contribution in [2.45, 2.75) is 45.8 Å². The van der Waals surface area contributed by atoms with Gasteiger partial charge in [-0.1, -0.05) is 26.8 Å². The lowest BCUT2D eigenvalue weighted by atomic mass is 9.85. The average molecular weight is 237 g/mol. The van der Waals surface area contributed by atoms with E-state index >= 15 is 0 Å². The molecule has 17 heavy (non-hydrogen) atoms. The van der Waals surface area contributed by atoms with E-state index in [9.17, 15) is 4.39 Å². The highest BCUT2D eigenvalue weighted by atomic mass is 19.1. The van der Waals surface area contributed by atoms with E-state index in [0.717, 1.165) is 18.4 Å². The van der Waals surface area contributed by atoms with Crippen LogP contribution in [0, 0.1) is 11.2 Å². The van der Waals surface area contributed by atoms with E-state index in [-0.39, 0.29) is 23.4 Å². The molecule has 3 heteroatoms. The van der Waals surface area contributed by atoms with Crippen LogP contribution >= 0.6 is 0 Å². The molecule has 94 valence electrons. The zero-order valence-electron chi connectivity index (χ0n) is 10.7. The summed E-state index contributed by atoms with van der Waals surface area (Å²) in [4.78, 5) is 0. The van der Waals surface area contributed by atoms with Gasteiger partial charge in [-0.05, 0) is 17.9 Å². The van der Waals surface area contributed by atoms with Crippen molar-refractivity contribution >= 4 is 0 Å². The van der Waals surface area contributed by atoms with E-state index in [1.165, 1.54) is 12.1 Å². The lowest BCUT2D eigenvalue weighted by Crippen LogP contribution is -2.32. The highest BCUT2D eigenvalue weighted by Crippen LogP contribution is 2.37. The predicted molar refractivity (Wildman–Crippen MR) is 66.4 cm³/mol. The number of ether oxygens (including phenoxy) is 1. The van der Waals surface area contributed by atoms with Crippen molar-refractivity contribution in [3.8, 4) is 5.75 Å². The average Bonchev–Trinajstić information content (AvgIpc) is 2.13. The summed E-state index contributed by atoms with van der Waals surface area (Å²) in [5, 5.41) is 0. The molecule has 2 nitrogen and oxygen atoms in total. The summed E-state index contributed by atoms with van der Waals surface area (Å²) < 4.78 is 19.0. The third-order valence-electron chi connectivity index (χ3n) is 3.03. The molecule has 2 atom stereocenters. The van der Waals surface area contributed by atoms with Crippen LogP contribution in [0.3, 0.4) is 0 Å². The third kappa shape index (κ3) is 2.97. The van der Waals surface area contributed by atoms with Crippen molar-refractivity contribution in [1.29, 1.82) is 0 Å². The largest absolute Gasteiger partial charge is 0.490 e. The van der Waals surface area contributed by atoms with Gasteiger partial charge in [-0.3, -0.25) is 0 Å². The SMILES string of the molecule is CC(C)(C)CC1CC(N)c2ccc(F)cc2O1. The maximum Gasteiger partial charge on any atom is 0.127 e. The summed E-state index contributed by atoms with van der Waals surface area (Å²) >= 11 is 0. The van der Waals surface area contributed by atoms with Crippen LogP contribution in [0.2, 0.25) is 0 Å². The predicted octanol–water partition coefficient (Wildman–Crippen LogP) is 3.41. The zero-order valence-corrected chi connectivity index (χ0v) is 10.7. The molecular weight excluding hydrogens is 217 g/mol. The first-order chi connectivity index (χ1) is 7.85. The van der Waals surface area contributed by atoms with Crippen LogP contribution in [0.5, 0.6) is 5.75 Å². The monoisotopic (exact) mass is 237 g/mol. The molecular formula is C14H20FNO. The van der Waals surface area contributed by atoms with Crippen molar-refractivity contribution in [1.82, 2.24) is 0 Å². The molecule has 1 aliphatic rings. The highest BCUT2D eigenvalue weighted by molar-refractivity contribution is 5.38. The van der Waals surface area contributed by atoms with Crippen molar-refractivity contribution < 1.29 is 9.13 Å². The molecule has 2 N–H and O–H groups in total. The van der Waals surface area contributed by atoms with Gasteiger partial charge in [-0.15, -0.1) is 0 Å². The van der Waals surface area contributed by atoms with Crippen LogP contribution in [0.15, 0.2) is 18.2 Å². The Labute approximate surface area is 102 Å². The minimum Gasteiger partial charge on any atom is -0.490 e. The van der Waals surface area contributed by atoms with Crippen molar-refractivity contribution in [2.24, 2.45) is 11.1 Å². The zero-order chi connectivity index (χ0) is 12.6. The van der Waals surface area contributed by atoms with Gasteiger partial charge in [0.05, 0.1) is 0 Å². The Bertz CT molecular complexity index is 411. The molecule has 2 rings (SSSR count). The summed E-state index contributed by atoms with van der Waals surface area (Å²) in [6.45, 7) is 6.51. The van der Waals surface area contributed by atoms with Gasteiger partial charge >= 0.3 is 0 Å². The molecule has 2 unspecified atom stereocenters. The standard InChI is InChI=1S/C14H20FNO/c1-14(2,3)8-10-7-12(16)11-5-4-9(15)6-13(11)17-10/h4-6,10,12H,7-8,16H2,1-3H3. The van der Waals surface area contributed by atoms with Crippen LogP contribution in [0.4, 0.5) is 4.39 Å². The lowest BCUT2D eigenvalue weighted by molar-refractivity contribution is 0.111. The molecule has 0 bridgehead atoms. The number of nitrogens with two attached hydrogens (primary N) is 1. The number of hydrogen-bond donors (Lipinski definition) is 1. The van der Waals surface area contributed by atoms with Gasteiger partial charge in [-0.25, -0.2) is 4.39 Å². The molecule has 1 aromatic carbocycles. The van der Waals surface area contributed by atoms with E-state index in [4.69, 9.17) is 10.5 Å². The van der Waals surface area contributed by atoms with Crippen LogP contribution in [0.1, 0.15) is 45.2 Å². The van der Waals surface area contributed by atoms with Gasteiger partial charge in [0.25, 0.3) is 0 Å². The van der Waals surface area contributed by atoms with E-state index in [2.05, 4.69) is 20.8 Å². The maximum atomic E-state index is 13.2. The first kappa shape index (κ1) is 12.4. The van der Waals surface area contributed by atoms with Crippen LogP contribution in [0.25, 0.3) is 0 Å². The molecule has 0 fully saturated rings. The Morgan fingerprint density at radius 3 is 2.76 bits per heavy atom. The second-order valence-electron chi connectivity index (χ2n) is 6.03. The molecule has 1 heterocycles. The van der Waals surface area contributed by atoms with Gasteiger partial charge in [0.15, 0.2) is 0 Å². The highest BCUT2D eigenvalue weighted by Gasteiger charge is 2.29. The first-order valence-electron chi connectivity index (χ1n) is 6.07. The van der Waals surface area contributed by atoms with Crippen LogP contribution < -0.4 is 10.5 Å². The number of rotatable bonds is 1. The third-order valence-corrected chi connectivity index (χ3v) is 3.03. The second-order valence-corrected chi connectivity index (χ2v) is 6.03. The van der Waals surface area contributed by atoms with Gasteiger partial charge in [0, 0.05) is 24.1 Å². The van der Waals surface area contributed by atoms with Crippen molar-refractivity contribution in [2.75, 3.05) is 0 Å². The maximum absolute atomic E-state index is 13.2. The van der Waals surface area contributed by atoms with Crippen molar-refractivity contribution in [3.63, 3.8) is 0 Å². The summed E-state index contributed by atoms with van der Waals surface area (Å²) in [6.07, 6.45) is 1.81. The summed E-state index contributed by atoms with van der Waals surface area (Å²) in [5.74, 6) is 0.338. The van der Waals surface area contributed by atoms with E-state index in [1.54, 1.807) is 6.07 Å². The number of fused-ring (bicyclic) bond motifs is 1. The summed E-state index contributed by atoms with van der Waals surface area (Å²) in [5.41, 5.74) is 7.21. The van der Waals surface area contributed by atoms with Gasteiger partial charge in [-0.2, -0.15) is 0 Å². The Kier molecular flexibility index (Phi) is 3.13. The number of halogens is 1. The van der Waals surface area contributed by atoms with E-state index < -0.39 is 0 Å². The minimum atomic E-state index is -0.271. The first-order valence-corrected chi connectivity index (χ1v) is 6.07. The second kappa shape index (κ2) is 4.30. The molecule has 1 aliphatic heterocycles. The van der Waals surface area contributed by atoms with Gasteiger partial charge in [0.2, 0.25) is 0 Å². The Hall–Kier alpha value is -1.09. The molecule has 0 amide bonds. The fraction of sp³-hybridized carbons (Fsp3) is 0.571. The van der Waals surface area contributed by atoms with Gasteiger partial charge in [0.1, 0.15) is 17.7 Å². The Morgan fingerprint density at radius 2 is 2.12 bits per heavy atom. The Morgan fingerprint density at radius 1 is 1.41 bits per heavy atom. The fourth-order valence-electron chi connectivity index (χ4n) is 2.36. The summed E-state index contributed by atoms with van der Waals surface area (Å²) in [6, 6.07) is 4.55. The van der Waals surface area contributed by atoms with E-state index in [1.807, 2.05) is 0 Å². The number of benzene rings is 1. The smallest absolute Gasteiger partial charge is 0.127 e. The molecule has 0 aliphatic carbocycles. The van der Waals surface area contributed by atoms with Crippen molar-refractivity contribution in [3.05, 3.63) is 29.6 Å². The molecule has 0 aromatic heterocycles. The quantitative estimate of drug-likeness (QED) is 0.812. The number of hydrogen-bond acceptors (Lipinski definition) is 2. The van der Waals surface area contributed by atoms with E-state index in [0.29, 0.717) is 5.75 Å². The topological polar surface area (TPSA) is 35.2 Å². The minimum absolute atomic E-state index is 0.0494. The molecule has 0 radical (unpaired) electrons.